The quantitative estimate of drug-likeness (QED) is 0.630. The predicted octanol–water partition coefficient (Wildman–Crippen LogP) is 3.39. The average Bonchev–Trinajstić information content (AvgIpc) is 2.47. The molecule has 0 bridgehead atoms. The average molecular weight is 239 g/mol. The van der Waals surface area contributed by atoms with Crippen LogP contribution in [-0.2, 0) is 0 Å². The fraction of sp³-hybridized carbons (Fsp3) is 0.455. The standard InChI is InChI=1S/C11H11BrO/c12-9-6-7-4-5-13-10-3-1-2-8(9)11(7)10/h1-3,7,9H,4-6H2. The molecule has 0 saturated heterocycles. The first kappa shape index (κ1) is 7.86. The van der Waals surface area contributed by atoms with E-state index in [9.17, 15) is 0 Å². The van der Waals surface area contributed by atoms with Gasteiger partial charge < -0.3 is 4.74 Å². The summed E-state index contributed by atoms with van der Waals surface area (Å²) in [5.41, 5.74) is 2.91. The molecule has 1 aromatic rings. The van der Waals surface area contributed by atoms with Crippen molar-refractivity contribution in [3.8, 4) is 5.75 Å². The van der Waals surface area contributed by atoms with Crippen molar-refractivity contribution in [3.63, 3.8) is 0 Å². The molecule has 0 radical (unpaired) electrons. The molecule has 2 aliphatic rings. The highest BCUT2D eigenvalue weighted by Crippen LogP contribution is 2.51. The number of benzene rings is 1. The van der Waals surface area contributed by atoms with Crippen molar-refractivity contribution in [2.24, 2.45) is 0 Å². The molecule has 2 atom stereocenters. The van der Waals surface area contributed by atoms with E-state index in [1.54, 1.807) is 0 Å². The first-order valence-electron chi connectivity index (χ1n) is 4.76. The van der Waals surface area contributed by atoms with Crippen LogP contribution in [-0.4, -0.2) is 6.61 Å². The van der Waals surface area contributed by atoms with Gasteiger partial charge in [-0.05, 0) is 30.4 Å². The van der Waals surface area contributed by atoms with Crippen molar-refractivity contribution in [1.82, 2.24) is 0 Å². The Morgan fingerprint density at radius 3 is 3.23 bits per heavy atom. The highest BCUT2D eigenvalue weighted by Gasteiger charge is 2.34. The van der Waals surface area contributed by atoms with Crippen LogP contribution < -0.4 is 4.74 Å². The van der Waals surface area contributed by atoms with Crippen molar-refractivity contribution in [2.75, 3.05) is 6.61 Å². The van der Waals surface area contributed by atoms with Crippen LogP contribution in [0, 0.1) is 0 Å². The predicted molar refractivity (Wildman–Crippen MR) is 55.6 cm³/mol. The summed E-state index contributed by atoms with van der Waals surface area (Å²) in [5.74, 6) is 1.86. The monoisotopic (exact) mass is 238 g/mol. The second-order valence-corrected chi connectivity index (χ2v) is 4.90. The zero-order valence-electron chi connectivity index (χ0n) is 7.29. The fourth-order valence-corrected chi connectivity index (χ4v) is 3.32. The molecule has 1 aliphatic carbocycles. The molecule has 1 aromatic carbocycles. The van der Waals surface area contributed by atoms with Gasteiger partial charge in [0, 0.05) is 10.4 Å². The van der Waals surface area contributed by atoms with Gasteiger partial charge in [0.2, 0.25) is 0 Å². The summed E-state index contributed by atoms with van der Waals surface area (Å²) in [5, 5.41) is 0. The van der Waals surface area contributed by atoms with Gasteiger partial charge in [0.15, 0.2) is 0 Å². The van der Waals surface area contributed by atoms with Crippen molar-refractivity contribution < 1.29 is 4.74 Å². The maximum Gasteiger partial charge on any atom is 0.123 e. The second kappa shape index (κ2) is 2.74. The van der Waals surface area contributed by atoms with Gasteiger partial charge in [-0.1, -0.05) is 28.1 Å². The Labute approximate surface area is 86.2 Å². The van der Waals surface area contributed by atoms with E-state index in [-0.39, 0.29) is 0 Å². The molecule has 0 aromatic heterocycles. The lowest BCUT2D eigenvalue weighted by molar-refractivity contribution is 0.269. The summed E-state index contributed by atoms with van der Waals surface area (Å²) in [6.45, 7) is 0.890. The Balaban J connectivity index is 2.22. The van der Waals surface area contributed by atoms with Gasteiger partial charge in [-0.3, -0.25) is 0 Å². The Morgan fingerprint density at radius 2 is 2.31 bits per heavy atom. The lowest BCUT2D eigenvalue weighted by Crippen LogP contribution is -2.11. The first-order chi connectivity index (χ1) is 6.36. The number of hydrogen-bond donors (Lipinski definition) is 0. The summed E-state index contributed by atoms with van der Waals surface area (Å²) >= 11 is 3.72. The van der Waals surface area contributed by atoms with E-state index in [4.69, 9.17) is 4.74 Å². The highest BCUT2D eigenvalue weighted by atomic mass is 79.9. The zero-order chi connectivity index (χ0) is 8.84. The lowest BCUT2D eigenvalue weighted by Gasteiger charge is -2.21. The van der Waals surface area contributed by atoms with Crippen molar-refractivity contribution in [3.05, 3.63) is 29.3 Å². The molecular formula is C11H11BrO. The van der Waals surface area contributed by atoms with Crippen LogP contribution in [0.4, 0.5) is 0 Å². The topological polar surface area (TPSA) is 9.23 Å². The van der Waals surface area contributed by atoms with Crippen LogP contribution in [0.25, 0.3) is 0 Å². The summed E-state index contributed by atoms with van der Waals surface area (Å²) in [6, 6.07) is 6.40. The van der Waals surface area contributed by atoms with Crippen LogP contribution in [0.1, 0.15) is 34.7 Å². The van der Waals surface area contributed by atoms with E-state index >= 15 is 0 Å². The van der Waals surface area contributed by atoms with Crippen molar-refractivity contribution >= 4 is 15.9 Å². The van der Waals surface area contributed by atoms with Gasteiger partial charge >= 0.3 is 0 Å². The number of halogens is 1. The Bertz CT molecular complexity index is 348. The molecule has 0 fully saturated rings. The van der Waals surface area contributed by atoms with Crippen LogP contribution >= 0.6 is 15.9 Å². The third kappa shape index (κ3) is 1.05. The van der Waals surface area contributed by atoms with E-state index in [0.717, 1.165) is 18.3 Å². The van der Waals surface area contributed by atoms with Crippen LogP contribution in [0.2, 0.25) is 0 Å². The SMILES string of the molecule is BrC1CC2CCOc3cccc1c32. The molecule has 1 nitrogen and oxygen atoms in total. The molecular weight excluding hydrogens is 228 g/mol. The highest BCUT2D eigenvalue weighted by molar-refractivity contribution is 9.09. The molecule has 0 spiro atoms. The van der Waals surface area contributed by atoms with Crippen LogP contribution in [0.3, 0.4) is 0 Å². The Morgan fingerprint density at radius 1 is 1.38 bits per heavy atom. The third-order valence-electron chi connectivity index (χ3n) is 3.06. The van der Waals surface area contributed by atoms with Gasteiger partial charge in [-0.15, -0.1) is 0 Å². The second-order valence-electron chi connectivity index (χ2n) is 3.80. The Hall–Kier alpha value is -0.500. The molecule has 2 unspecified atom stereocenters. The van der Waals surface area contributed by atoms with Gasteiger partial charge in [0.1, 0.15) is 5.75 Å². The minimum atomic E-state index is 0.550. The minimum absolute atomic E-state index is 0.550. The van der Waals surface area contributed by atoms with E-state index in [0.29, 0.717) is 4.83 Å². The first-order valence-corrected chi connectivity index (χ1v) is 5.67. The molecule has 68 valence electrons. The molecule has 0 amide bonds. The van der Waals surface area contributed by atoms with E-state index < -0.39 is 0 Å². The minimum Gasteiger partial charge on any atom is -0.493 e. The van der Waals surface area contributed by atoms with Gasteiger partial charge in [0.25, 0.3) is 0 Å². The molecule has 3 rings (SSSR count). The third-order valence-corrected chi connectivity index (χ3v) is 3.93. The van der Waals surface area contributed by atoms with E-state index in [1.807, 2.05) is 0 Å². The van der Waals surface area contributed by atoms with E-state index in [2.05, 4.69) is 34.1 Å². The van der Waals surface area contributed by atoms with Crippen LogP contribution in [0.15, 0.2) is 18.2 Å². The molecule has 2 heteroatoms. The molecule has 13 heavy (non-hydrogen) atoms. The molecule has 1 aliphatic heterocycles. The van der Waals surface area contributed by atoms with Gasteiger partial charge in [-0.25, -0.2) is 0 Å². The molecule has 0 N–H and O–H groups in total. The summed E-state index contributed by atoms with van der Waals surface area (Å²) in [4.78, 5) is 0.550. The smallest absolute Gasteiger partial charge is 0.123 e. The van der Waals surface area contributed by atoms with Gasteiger partial charge in [-0.2, -0.15) is 0 Å². The van der Waals surface area contributed by atoms with Crippen molar-refractivity contribution in [1.29, 1.82) is 0 Å². The summed E-state index contributed by atoms with van der Waals surface area (Å²) < 4.78 is 5.64. The fourth-order valence-electron chi connectivity index (χ4n) is 2.46. The normalized spacial score (nSPS) is 29.6. The number of rotatable bonds is 0. The summed E-state index contributed by atoms with van der Waals surface area (Å²) in [7, 11) is 0. The zero-order valence-corrected chi connectivity index (χ0v) is 8.88. The number of hydrogen-bond acceptors (Lipinski definition) is 1. The van der Waals surface area contributed by atoms with Crippen LogP contribution in [0.5, 0.6) is 5.75 Å². The van der Waals surface area contributed by atoms with E-state index in [1.165, 1.54) is 24.0 Å². The maximum atomic E-state index is 5.64. The number of ether oxygens (including phenoxy) is 1. The largest absolute Gasteiger partial charge is 0.493 e. The number of alkyl halides is 1. The van der Waals surface area contributed by atoms with Crippen molar-refractivity contribution in [2.45, 2.75) is 23.6 Å². The Kier molecular flexibility index (Phi) is 1.66. The molecule has 1 heterocycles. The molecule has 0 saturated carbocycles. The maximum absolute atomic E-state index is 5.64. The van der Waals surface area contributed by atoms with Gasteiger partial charge in [0.05, 0.1) is 6.61 Å². The lowest BCUT2D eigenvalue weighted by atomic mass is 9.95. The summed E-state index contributed by atoms with van der Waals surface area (Å²) in [6.07, 6.45) is 2.43.